The molecule has 6 heteroatoms. The molecule has 94 valence electrons. The van der Waals surface area contributed by atoms with E-state index < -0.39 is 0 Å². The molecule has 0 atom stereocenters. The van der Waals surface area contributed by atoms with E-state index >= 15 is 0 Å². The molecule has 1 heterocycles. The molecule has 18 heavy (non-hydrogen) atoms. The third-order valence-corrected chi connectivity index (χ3v) is 3.47. The van der Waals surface area contributed by atoms with Crippen LogP contribution in [0.4, 0.5) is 0 Å². The first kappa shape index (κ1) is 12.8. The van der Waals surface area contributed by atoms with Crippen molar-refractivity contribution in [3.63, 3.8) is 0 Å². The van der Waals surface area contributed by atoms with E-state index in [4.69, 9.17) is 4.52 Å². The Bertz CT molecular complexity index is 580. The molecule has 1 aromatic heterocycles. The molecule has 2 rings (SSSR count). The normalized spacial score (nSPS) is 10.4. The van der Waals surface area contributed by atoms with Crippen molar-refractivity contribution in [2.24, 2.45) is 0 Å². The van der Waals surface area contributed by atoms with E-state index in [1.807, 2.05) is 19.1 Å². The van der Waals surface area contributed by atoms with Gasteiger partial charge >= 0.3 is 0 Å². The maximum absolute atomic E-state index is 12.0. The first-order valence-electron chi connectivity index (χ1n) is 5.40. The number of carbonyl (C=O) groups excluding carboxylic acids is 1. The van der Waals surface area contributed by atoms with Crippen LogP contribution in [-0.4, -0.2) is 16.0 Å². The van der Waals surface area contributed by atoms with Gasteiger partial charge in [-0.1, -0.05) is 17.3 Å². The number of aryl methyl sites for hydroxylation is 2. The Balaban J connectivity index is 2.06. The highest BCUT2D eigenvalue weighted by atomic mass is 79.9. The molecule has 1 amide bonds. The summed E-state index contributed by atoms with van der Waals surface area (Å²) in [5, 5.41) is 6.45. The monoisotopic (exact) mass is 309 g/mol. The number of rotatable bonds is 3. The number of halogens is 1. The topological polar surface area (TPSA) is 68.0 Å². The van der Waals surface area contributed by atoms with E-state index in [1.165, 1.54) is 0 Å². The summed E-state index contributed by atoms with van der Waals surface area (Å²) in [6.45, 7) is 3.88. The van der Waals surface area contributed by atoms with Crippen molar-refractivity contribution < 1.29 is 9.32 Å². The molecular formula is C12H12BrN3O2. The van der Waals surface area contributed by atoms with E-state index in [1.54, 1.807) is 13.0 Å². The van der Waals surface area contributed by atoms with Gasteiger partial charge in [-0.05, 0) is 34.5 Å². The molecule has 2 aromatic rings. The van der Waals surface area contributed by atoms with Crippen molar-refractivity contribution in [2.75, 3.05) is 0 Å². The molecular weight excluding hydrogens is 298 g/mol. The summed E-state index contributed by atoms with van der Waals surface area (Å²) in [4.78, 5) is 16.0. The lowest BCUT2D eigenvalue weighted by Crippen LogP contribution is -2.23. The summed E-state index contributed by atoms with van der Waals surface area (Å²) in [6, 6.07) is 5.53. The minimum atomic E-state index is -0.173. The Labute approximate surface area is 113 Å². The van der Waals surface area contributed by atoms with Gasteiger partial charge < -0.3 is 9.84 Å². The highest BCUT2D eigenvalue weighted by Crippen LogP contribution is 2.20. The number of nitrogens with zero attached hydrogens (tertiary/aromatic N) is 2. The molecule has 0 aliphatic rings. The second-order valence-electron chi connectivity index (χ2n) is 3.85. The summed E-state index contributed by atoms with van der Waals surface area (Å²) in [6.07, 6.45) is 0. The largest absolute Gasteiger partial charge is 0.345 e. The Hall–Kier alpha value is -1.69. The van der Waals surface area contributed by atoms with E-state index in [2.05, 4.69) is 31.4 Å². The minimum absolute atomic E-state index is 0.173. The van der Waals surface area contributed by atoms with Gasteiger partial charge in [-0.2, -0.15) is 4.98 Å². The van der Waals surface area contributed by atoms with Crippen LogP contribution in [0.2, 0.25) is 0 Å². The first-order chi connectivity index (χ1) is 8.58. The van der Waals surface area contributed by atoms with Crippen molar-refractivity contribution in [1.82, 2.24) is 15.5 Å². The van der Waals surface area contributed by atoms with E-state index in [0.717, 1.165) is 10.0 Å². The van der Waals surface area contributed by atoms with Crippen LogP contribution >= 0.6 is 15.9 Å². The summed E-state index contributed by atoms with van der Waals surface area (Å²) in [5.74, 6) is 0.772. The average Bonchev–Trinajstić information content (AvgIpc) is 2.76. The standard InChI is InChI=1S/C12H12BrN3O2/c1-7-4-3-5-9(11(7)13)12(17)14-6-10-15-8(2)18-16-10/h3-5H,6H2,1-2H3,(H,14,17). The zero-order valence-electron chi connectivity index (χ0n) is 10.0. The number of aromatic nitrogens is 2. The van der Waals surface area contributed by atoms with Gasteiger partial charge in [0.1, 0.15) is 0 Å². The fourth-order valence-corrected chi connectivity index (χ4v) is 1.93. The number of carbonyl (C=O) groups is 1. The molecule has 0 aliphatic heterocycles. The molecule has 1 N–H and O–H groups in total. The van der Waals surface area contributed by atoms with Crippen LogP contribution in [0.5, 0.6) is 0 Å². The van der Waals surface area contributed by atoms with Crippen molar-refractivity contribution in [2.45, 2.75) is 20.4 Å². The smallest absolute Gasteiger partial charge is 0.252 e. The van der Waals surface area contributed by atoms with Gasteiger partial charge in [-0.25, -0.2) is 0 Å². The van der Waals surface area contributed by atoms with Gasteiger partial charge in [-0.15, -0.1) is 0 Å². The van der Waals surface area contributed by atoms with Gasteiger partial charge in [0.15, 0.2) is 5.82 Å². The maximum atomic E-state index is 12.0. The Kier molecular flexibility index (Phi) is 3.76. The molecule has 5 nitrogen and oxygen atoms in total. The summed E-state index contributed by atoms with van der Waals surface area (Å²) < 4.78 is 5.62. The number of benzene rings is 1. The van der Waals surface area contributed by atoms with Crippen LogP contribution in [0, 0.1) is 13.8 Å². The summed E-state index contributed by atoms with van der Waals surface area (Å²) in [7, 11) is 0. The Morgan fingerprint density at radius 3 is 2.89 bits per heavy atom. The van der Waals surface area contributed by atoms with Crippen molar-refractivity contribution in [3.8, 4) is 0 Å². The molecule has 0 saturated carbocycles. The van der Waals surface area contributed by atoms with E-state index in [9.17, 15) is 4.79 Å². The van der Waals surface area contributed by atoms with Crippen LogP contribution in [0.1, 0.15) is 27.6 Å². The third-order valence-electron chi connectivity index (χ3n) is 2.41. The lowest BCUT2D eigenvalue weighted by molar-refractivity contribution is 0.0949. The van der Waals surface area contributed by atoms with Gasteiger partial charge in [0, 0.05) is 11.4 Å². The van der Waals surface area contributed by atoms with E-state index in [-0.39, 0.29) is 12.5 Å². The van der Waals surface area contributed by atoms with Crippen molar-refractivity contribution in [1.29, 1.82) is 0 Å². The molecule has 0 radical (unpaired) electrons. The quantitative estimate of drug-likeness (QED) is 0.945. The number of hydrogen-bond donors (Lipinski definition) is 1. The molecule has 0 fully saturated rings. The van der Waals surface area contributed by atoms with Gasteiger partial charge in [0.25, 0.3) is 5.91 Å². The summed E-state index contributed by atoms with van der Waals surface area (Å²) in [5.41, 5.74) is 1.60. The first-order valence-corrected chi connectivity index (χ1v) is 6.19. The Morgan fingerprint density at radius 2 is 2.22 bits per heavy atom. The zero-order chi connectivity index (χ0) is 13.1. The number of nitrogens with one attached hydrogen (secondary N) is 1. The van der Waals surface area contributed by atoms with Crippen LogP contribution in [0.3, 0.4) is 0 Å². The van der Waals surface area contributed by atoms with Crippen molar-refractivity contribution >= 4 is 21.8 Å². The predicted octanol–water partition coefficient (Wildman–Crippen LogP) is 2.38. The average molecular weight is 310 g/mol. The third kappa shape index (κ3) is 2.76. The van der Waals surface area contributed by atoms with E-state index in [0.29, 0.717) is 17.3 Å². The predicted molar refractivity (Wildman–Crippen MR) is 69.1 cm³/mol. The van der Waals surface area contributed by atoms with Gasteiger partial charge in [-0.3, -0.25) is 4.79 Å². The lowest BCUT2D eigenvalue weighted by atomic mass is 10.1. The fourth-order valence-electron chi connectivity index (χ4n) is 1.49. The maximum Gasteiger partial charge on any atom is 0.252 e. The highest BCUT2D eigenvalue weighted by Gasteiger charge is 2.12. The zero-order valence-corrected chi connectivity index (χ0v) is 11.6. The van der Waals surface area contributed by atoms with Crippen molar-refractivity contribution in [3.05, 3.63) is 45.5 Å². The highest BCUT2D eigenvalue weighted by molar-refractivity contribution is 9.10. The molecule has 0 aliphatic carbocycles. The SMILES string of the molecule is Cc1nc(CNC(=O)c2cccc(C)c2Br)no1. The second-order valence-corrected chi connectivity index (χ2v) is 4.64. The molecule has 0 bridgehead atoms. The second kappa shape index (κ2) is 5.30. The molecule has 0 spiro atoms. The molecule has 0 unspecified atom stereocenters. The van der Waals surface area contributed by atoms with Crippen LogP contribution < -0.4 is 5.32 Å². The lowest BCUT2D eigenvalue weighted by Gasteiger charge is -2.06. The van der Waals surface area contributed by atoms with Crippen LogP contribution in [0.25, 0.3) is 0 Å². The fraction of sp³-hybridized carbons (Fsp3) is 0.250. The Morgan fingerprint density at radius 1 is 1.44 bits per heavy atom. The molecule has 0 saturated heterocycles. The van der Waals surface area contributed by atoms with Gasteiger partial charge in [0.2, 0.25) is 5.89 Å². The molecule has 1 aromatic carbocycles. The van der Waals surface area contributed by atoms with Crippen LogP contribution in [-0.2, 0) is 6.54 Å². The number of amides is 1. The minimum Gasteiger partial charge on any atom is -0.345 e. The van der Waals surface area contributed by atoms with Crippen LogP contribution in [0.15, 0.2) is 27.2 Å². The summed E-state index contributed by atoms with van der Waals surface area (Å²) >= 11 is 3.40. The number of hydrogen-bond acceptors (Lipinski definition) is 4. The van der Waals surface area contributed by atoms with Gasteiger partial charge in [0.05, 0.1) is 12.1 Å².